The van der Waals surface area contributed by atoms with Crippen LogP contribution < -0.4 is 5.32 Å². The van der Waals surface area contributed by atoms with Gasteiger partial charge >= 0.3 is 0 Å². The molecule has 2 aromatic heterocycles. The van der Waals surface area contributed by atoms with E-state index >= 15 is 0 Å². The molecule has 1 unspecified atom stereocenters. The van der Waals surface area contributed by atoms with Gasteiger partial charge in [-0.1, -0.05) is 18.2 Å². The van der Waals surface area contributed by atoms with Gasteiger partial charge in [0, 0.05) is 17.3 Å². The molecule has 2 N–H and O–H groups in total. The maximum absolute atomic E-state index is 5.86. The lowest BCUT2D eigenvalue weighted by atomic mass is 10.1. The lowest BCUT2D eigenvalue weighted by Crippen LogP contribution is -2.17. The molecular weight excluding hydrogens is 212 g/mol. The Morgan fingerprint density at radius 1 is 1.18 bits per heavy atom. The molecule has 3 aromatic rings. The van der Waals surface area contributed by atoms with Gasteiger partial charge in [-0.15, -0.1) is 0 Å². The molecule has 3 nitrogen and oxygen atoms in total. The molecule has 0 spiro atoms. The number of H-pyrrole nitrogens is 1. The van der Waals surface area contributed by atoms with Gasteiger partial charge in [0.25, 0.3) is 0 Å². The molecule has 0 fully saturated rings. The summed E-state index contributed by atoms with van der Waals surface area (Å²) in [5.74, 6) is 0.927. The number of aromatic nitrogens is 1. The summed E-state index contributed by atoms with van der Waals surface area (Å²) >= 11 is 0. The molecule has 0 bridgehead atoms. The van der Waals surface area contributed by atoms with Gasteiger partial charge in [-0.2, -0.15) is 0 Å². The summed E-state index contributed by atoms with van der Waals surface area (Å²) in [5.41, 5.74) is 2.03. The highest BCUT2D eigenvalue weighted by molar-refractivity contribution is 5.77. The molecule has 86 valence electrons. The molecular formula is C14H14N2O. The molecule has 0 amide bonds. The van der Waals surface area contributed by atoms with Crippen LogP contribution in [0.2, 0.25) is 0 Å². The minimum absolute atomic E-state index is 0.0670. The molecule has 0 aliphatic rings. The van der Waals surface area contributed by atoms with Crippen LogP contribution >= 0.6 is 0 Å². The van der Waals surface area contributed by atoms with Crippen LogP contribution in [0.15, 0.2) is 53.1 Å². The van der Waals surface area contributed by atoms with Crippen LogP contribution in [0, 0.1) is 0 Å². The first-order valence-corrected chi connectivity index (χ1v) is 5.67. The van der Waals surface area contributed by atoms with Crippen molar-refractivity contribution in [2.24, 2.45) is 0 Å². The van der Waals surface area contributed by atoms with Gasteiger partial charge < -0.3 is 14.7 Å². The predicted octanol–water partition coefficient (Wildman–Crippen LogP) is 3.07. The first-order valence-electron chi connectivity index (χ1n) is 5.67. The summed E-state index contributed by atoms with van der Waals surface area (Å²) in [6.45, 7) is 0. The standard InChI is InChI=1S/C14H14N2O/c1-15-14(11-6-4-8-16-11)13-9-10-5-2-3-7-12(10)17-13/h2-9,14-16H,1H3. The van der Waals surface area contributed by atoms with E-state index in [-0.39, 0.29) is 6.04 Å². The van der Waals surface area contributed by atoms with Crippen molar-refractivity contribution < 1.29 is 4.42 Å². The number of furan rings is 1. The molecule has 0 saturated carbocycles. The number of fused-ring (bicyclic) bond motifs is 1. The number of para-hydroxylation sites is 1. The van der Waals surface area contributed by atoms with Crippen molar-refractivity contribution in [1.82, 2.24) is 10.3 Å². The van der Waals surface area contributed by atoms with E-state index in [1.54, 1.807) is 0 Å². The summed E-state index contributed by atoms with van der Waals surface area (Å²) in [7, 11) is 1.93. The number of benzene rings is 1. The molecule has 1 atom stereocenters. The Kier molecular flexibility index (Phi) is 2.46. The minimum Gasteiger partial charge on any atom is -0.459 e. The van der Waals surface area contributed by atoms with Crippen LogP contribution in [-0.2, 0) is 0 Å². The summed E-state index contributed by atoms with van der Waals surface area (Å²) in [6.07, 6.45) is 1.92. The van der Waals surface area contributed by atoms with Crippen LogP contribution in [0.1, 0.15) is 17.5 Å². The maximum atomic E-state index is 5.86. The minimum atomic E-state index is 0.0670. The van der Waals surface area contributed by atoms with Crippen LogP contribution in [0.5, 0.6) is 0 Å². The van der Waals surface area contributed by atoms with Crippen molar-refractivity contribution in [1.29, 1.82) is 0 Å². The van der Waals surface area contributed by atoms with E-state index in [0.29, 0.717) is 0 Å². The zero-order valence-corrected chi connectivity index (χ0v) is 9.60. The fourth-order valence-corrected chi connectivity index (χ4v) is 2.12. The van der Waals surface area contributed by atoms with Gasteiger partial charge in [0.05, 0.1) is 0 Å². The largest absolute Gasteiger partial charge is 0.459 e. The highest BCUT2D eigenvalue weighted by atomic mass is 16.3. The smallest absolute Gasteiger partial charge is 0.134 e. The van der Waals surface area contributed by atoms with Crippen LogP contribution in [0.25, 0.3) is 11.0 Å². The Morgan fingerprint density at radius 2 is 2.06 bits per heavy atom. The van der Waals surface area contributed by atoms with E-state index in [4.69, 9.17) is 4.42 Å². The molecule has 0 radical (unpaired) electrons. The number of nitrogens with one attached hydrogen (secondary N) is 2. The summed E-state index contributed by atoms with van der Waals surface area (Å²) in [5, 5.41) is 4.39. The molecule has 0 saturated heterocycles. The maximum Gasteiger partial charge on any atom is 0.134 e. The molecule has 1 aromatic carbocycles. The zero-order chi connectivity index (χ0) is 11.7. The fourth-order valence-electron chi connectivity index (χ4n) is 2.12. The summed E-state index contributed by atoms with van der Waals surface area (Å²) < 4.78 is 5.86. The Bertz CT molecular complexity index is 577. The van der Waals surface area contributed by atoms with Crippen LogP contribution in [0.3, 0.4) is 0 Å². The second kappa shape index (κ2) is 4.11. The van der Waals surface area contributed by atoms with Crippen molar-refractivity contribution in [2.45, 2.75) is 6.04 Å². The van der Waals surface area contributed by atoms with E-state index in [1.165, 1.54) is 0 Å². The first kappa shape index (κ1) is 10.2. The van der Waals surface area contributed by atoms with Crippen molar-refractivity contribution >= 4 is 11.0 Å². The van der Waals surface area contributed by atoms with Crippen molar-refractivity contribution in [3.63, 3.8) is 0 Å². The topological polar surface area (TPSA) is 41.0 Å². The lowest BCUT2D eigenvalue weighted by molar-refractivity contribution is 0.487. The summed E-state index contributed by atoms with van der Waals surface area (Å²) in [4.78, 5) is 3.21. The predicted molar refractivity (Wildman–Crippen MR) is 67.9 cm³/mol. The normalized spacial score (nSPS) is 13.0. The fraction of sp³-hybridized carbons (Fsp3) is 0.143. The molecule has 0 aliphatic heterocycles. The molecule has 17 heavy (non-hydrogen) atoms. The Hall–Kier alpha value is -2.00. The molecule has 0 aliphatic carbocycles. The van der Waals surface area contributed by atoms with E-state index in [2.05, 4.69) is 22.4 Å². The van der Waals surface area contributed by atoms with Gasteiger partial charge in [0.1, 0.15) is 17.4 Å². The van der Waals surface area contributed by atoms with Gasteiger partial charge in [-0.05, 0) is 31.3 Å². The van der Waals surface area contributed by atoms with Gasteiger partial charge in [0.15, 0.2) is 0 Å². The van der Waals surface area contributed by atoms with Crippen molar-refractivity contribution in [3.05, 3.63) is 60.1 Å². The summed E-state index contributed by atoms with van der Waals surface area (Å²) in [6, 6.07) is 14.2. The van der Waals surface area contributed by atoms with E-state index in [9.17, 15) is 0 Å². The second-order valence-electron chi connectivity index (χ2n) is 4.03. The van der Waals surface area contributed by atoms with E-state index < -0.39 is 0 Å². The van der Waals surface area contributed by atoms with Crippen molar-refractivity contribution in [3.8, 4) is 0 Å². The van der Waals surface area contributed by atoms with E-state index in [1.807, 2.05) is 43.6 Å². The Balaban J connectivity index is 2.07. The third-order valence-corrected chi connectivity index (χ3v) is 2.95. The zero-order valence-electron chi connectivity index (χ0n) is 9.60. The molecule has 3 heteroatoms. The second-order valence-corrected chi connectivity index (χ2v) is 4.03. The highest BCUT2D eigenvalue weighted by Gasteiger charge is 2.16. The highest BCUT2D eigenvalue weighted by Crippen LogP contribution is 2.27. The Morgan fingerprint density at radius 3 is 2.76 bits per heavy atom. The number of hydrogen-bond donors (Lipinski definition) is 2. The Labute approximate surface area is 99.5 Å². The van der Waals surface area contributed by atoms with Crippen LogP contribution in [-0.4, -0.2) is 12.0 Å². The lowest BCUT2D eigenvalue weighted by Gasteiger charge is -2.11. The van der Waals surface area contributed by atoms with Crippen LogP contribution in [0.4, 0.5) is 0 Å². The average Bonchev–Trinajstić information content (AvgIpc) is 2.98. The van der Waals surface area contributed by atoms with Gasteiger partial charge in [-0.3, -0.25) is 0 Å². The third kappa shape index (κ3) is 1.74. The SMILES string of the molecule is CNC(c1ccc[nH]1)c1cc2ccccc2o1. The molecule has 3 rings (SSSR count). The average molecular weight is 226 g/mol. The quantitative estimate of drug-likeness (QED) is 0.720. The third-order valence-electron chi connectivity index (χ3n) is 2.95. The van der Waals surface area contributed by atoms with Gasteiger partial charge in [-0.25, -0.2) is 0 Å². The number of rotatable bonds is 3. The van der Waals surface area contributed by atoms with Gasteiger partial charge in [0.2, 0.25) is 0 Å². The molecule has 2 heterocycles. The van der Waals surface area contributed by atoms with Crippen molar-refractivity contribution in [2.75, 3.05) is 7.05 Å². The first-order chi connectivity index (χ1) is 8.38. The number of aromatic amines is 1. The monoisotopic (exact) mass is 226 g/mol. The number of hydrogen-bond acceptors (Lipinski definition) is 2. The van der Waals surface area contributed by atoms with E-state index in [0.717, 1.165) is 22.4 Å².